The summed E-state index contributed by atoms with van der Waals surface area (Å²) in [7, 11) is 0. The fourth-order valence-corrected chi connectivity index (χ4v) is 3.00. The molecule has 7 nitrogen and oxygen atoms in total. The molecule has 26 heavy (non-hydrogen) atoms. The van der Waals surface area contributed by atoms with E-state index in [1.807, 2.05) is 6.07 Å². The highest BCUT2D eigenvalue weighted by Crippen LogP contribution is 2.27. The molecule has 0 fully saturated rings. The van der Waals surface area contributed by atoms with Crippen molar-refractivity contribution in [1.82, 2.24) is 24.9 Å². The van der Waals surface area contributed by atoms with Crippen LogP contribution in [0.4, 0.5) is 0 Å². The maximum atomic E-state index is 12.1. The summed E-state index contributed by atoms with van der Waals surface area (Å²) in [5, 5.41) is 12.0. The van der Waals surface area contributed by atoms with Gasteiger partial charge in [0.15, 0.2) is 6.73 Å². The van der Waals surface area contributed by atoms with Crippen molar-refractivity contribution in [3.05, 3.63) is 63.1 Å². The van der Waals surface area contributed by atoms with Crippen molar-refractivity contribution in [1.29, 1.82) is 0 Å². The highest BCUT2D eigenvalue weighted by Gasteiger charge is 2.10. The number of benzene rings is 1. The summed E-state index contributed by atoms with van der Waals surface area (Å²) >= 11 is 15.2. The highest BCUT2D eigenvalue weighted by molar-refractivity contribution is 9.10. The Morgan fingerprint density at radius 2 is 2.12 bits per heavy atom. The van der Waals surface area contributed by atoms with E-state index in [1.54, 1.807) is 41.5 Å². The Morgan fingerprint density at radius 1 is 1.27 bits per heavy atom. The fraction of sp³-hybridized carbons (Fsp3) is 0.188. The average Bonchev–Trinajstić information content (AvgIpc) is 3.23. The van der Waals surface area contributed by atoms with Gasteiger partial charge in [0.25, 0.3) is 5.91 Å². The summed E-state index contributed by atoms with van der Waals surface area (Å²) in [6.45, 7) is 1.07. The van der Waals surface area contributed by atoms with Gasteiger partial charge in [0, 0.05) is 23.4 Å². The lowest BCUT2D eigenvalue weighted by atomic mass is 10.3. The lowest BCUT2D eigenvalue weighted by Gasteiger charge is -2.08. The van der Waals surface area contributed by atoms with Crippen LogP contribution in [-0.2, 0) is 13.3 Å². The van der Waals surface area contributed by atoms with Crippen LogP contribution in [0.25, 0.3) is 0 Å². The van der Waals surface area contributed by atoms with Crippen LogP contribution in [0.2, 0.25) is 10.0 Å². The molecule has 0 saturated carbocycles. The van der Waals surface area contributed by atoms with Crippen molar-refractivity contribution in [3.63, 3.8) is 0 Å². The largest absolute Gasteiger partial charge is 0.470 e. The van der Waals surface area contributed by atoms with E-state index in [1.165, 1.54) is 4.68 Å². The molecule has 2 aromatic heterocycles. The second-order valence-electron chi connectivity index (χ2n) is 5.27. The summed E-state index contributed by atoms with van der Waals surface area (Å²) in [5.74, 6) is 0.262. The zero-order chi connectivity index (χ0) is 18.5. The number of nitrogens with one attached hydrogen (secondary N) is 1. The van der Waals surface area contributed by atoms with Gasteiger partial charge in [0.1, 0.15) is 11.4 Å². The summed E-state index contributed by atoms with van der Waals surface area (Å²) in [4.78, 5) is 12.1. The fourth-order valence-electron chi connectivity index (χ4n) is 2.12. The molecule has 0 bridgehead atoms. The lowest BCUT2D eigenvalue weighted by Crippen LogP contribution is -2.28. The van der Waals surface area contributed by atoms with Gasteiger partial charge in [-0.2, -0.15) is 10.2 Å². The molecular weight excluding hydrogens is 445 g/mol. The van der Waals surface area contributed by atoms with Gasteiger partial charge in [0.05, 0.1) is 22.8 Å². The maximum absolute atomic E-state index is 12.1. The average molecular weight is 459 g/mol. The smallest absolute Gasteiger partial charge is 0.271 e. The molecule has 0 spiro atoms. The molecule has 0 aliphatic carbocycles. The molecule has 0 atom stereocenters. The van der Waals surface area contributed by atoms with Gasteiger partial charge in [-0.3, -0.25) is 9.48 Å². The van der Waals surface area contributed by atoms with Crippen LogP contribution in [0.1, 0.15) is 10.5 Å². The monoisotopic (exact) mass is 457 g/mol. The minimum absolute atomic E-state index is 0.139. The van der Waals surface area contributed by atoms with E-state index in [0.29, 0.717) is 34.6 Å². The predicted octanol–water partition coefficient (Wildman–Crippen LogP) is 3.62. The number of hydrogen-bond acceptors (Lipinski definition) is 4. The first-order valence-electron chi connectivity index (χ1n) is 7.59. The summed E-state index contributed by atoms with van der Waals surface area (Å²) in [5.41, 5.74) is 0.300. The molecule has 10 heteroatoms. The normalized spacial score (nSPS) is 10.7. The number of ether oxygens (including phenoxy) is 1. The Kier molecular flexibility index (Phi) is 6.18. The third-order valence-electron chi connectivity index (χ3n) is 3.35. The van der Waals surface area contributed by atoms with E-state index in [4.69, 9.17) is 27.9 Å². The van der Waals surface area contributed by atoms with E-state index >= 15 is 0 Å². The Bertz CT molecular complexity index is 912. The van der Waals surface area contributed by atoms with Gasteiger partial charge in [0.2, 0.25) is 0 Å². The second-order valence-corrected chi connectivity index (χ2v) is 7.03. The summed E-state index contributed by atoms with van der Waals surface area (Å²) in [6.07, 6.45) is 4.89. The van der Waals surface area contributed by atoms with E-state index in [2.05, 4.69) is 31.4 Å². The maximum Gasteiger partial charge on any atom is 0.271 e. The van der Waals surface area contributed by atoms with E-state index < -0.39 is 0 Å². The van der Waals surface area contributed by atoms with Crippen LogP contribution in [0.5, 0.6) is 5.75 Å². The molecule has 1 N–H and O–H groups in total. The Hall–Kier alpha value is -2.03. The predicted molar refractivity (Wildman–Crippen MR) is 102 cm³/mol. The number of carbonyl (C=O) groups excluding carboxylic acids is 1. The van der Waals surface area contributed by atoms with Crippen LogP contribution in [0, 0.1) is 0 Å². The number of halogens is 3. The molecule has 3 aromatic rings. The van der Waals surface area contributed by atoms with Crippen molar-refractivity contribution >= 4 is 45.0 Å². The zero-order valence-electron chi connectivity index (χ0n) is 13.4. The quantitative estimate of drug-likeness (QED) is 0.586. The SMILES string of the molecule is O=C(NCCn1cc(Cl)cn1)c1ccn(COc2ccc(Br)cc2Cl)n1. The van der Waals surface area contributed by atoms with E-state index in [-0.39, 0.29) is 12.6 Å². The van der Waals surface area contributed by atoms with Crippen molar-refractivity contribution in [2.24, 2.45) is 0 Å². The van der Waals surface area contributed by atoms with Crippen molar-refractivity contribution in [3.8, 4) is 5.75 Å². The third kappa shape index (κ3) is 5.00. The van der Waals surface area contributed by atoms with Gasteiger partial charge in [-0.15, -0.1) is 0 Å². The van der Waals surface area contributed by atoms with Gasteiger partial charge in [-0.05, 0) is 24.3 Å². The number of hydrogen-bond donors (Lipinski definition) is 1. The number of nitrogens with zero attached hydrogens (tertiary/aromatic N) is 4. The van der Waals surface area contributed by atoms with Gasteiger partial charge >= 0.3 is 0 Å². The van der Waals surface area contributed by atoms with Crippen molar-refractivity contribution in [2.45, 2.75) is 13.3 Å². The van der Waals surface area contributed by atoms with Crippen molar-refractivity contribution in [2.75, 3.05) is 6.54 Å². The molecular formula is C16H14BrCl2N5O2. The van der Waals surface area contributed by atoms with Crippen molar-refractivity contribution < 1.29 is 9.53 Å². The van der Waals surface area contributed by atoms with Crippen LogP contribution < -0.4 is 10.1 Å². The Balaban J connectivity index is 1.49. The first kappa shape index (κ1) is 18.8. The minimum atomic E-state index is -0.274. The molecule has 136 valence electrons. The number of rotatable bonds is 7. The first-order valence-corrected chi connectivity index (χ1v) is 9.13. The van der Waals surface area contributed by atoms with Gasteiger partial charge in [-0.25, -0.2) is 4.68 Å². The van der Waals surface area contributed by atoms with Crippen LogP contribution in [0.15, 0.2) is 47.3 Å². The molecule has 0 aliphatic heterocycles. The molecule has 0 radical (unpaired) electrons. The molecule has 0 aliphatic rings. The van der Waals surface area contributed by atoms with Gasteiger partial charge in [-0.1, -0.05) is 39.1 Å². The van der Waals surface area contributed by atoms with Crippen LogP contribution >= 0.6 is 39.1 Å². The molecule has 1 aromatic carbocycles. The minimum Gasteiger partial charge on any atom is -0.470 e. The van der Waals surface area contributed by atoms with E-state index in [0.717, 1.165) is 4.47 Å². The summed E-state index contributed by atoms with van der Waals surface area (Å²) < 4.78 is 9.63. The van der Waals surface area contributed by atoms with Crippen LogP contribution in [-0.4, -0.2) is 32.0 Å². The molecule has 2 heterocycles. The number of aromatic nitrogens is 4. The van der Waals surface area contributed by atoms with Gasteiger partial charge < -0.3 is 10.1 Å². The zero-order valence-corrected chi connectivity index (χ0v) is 16.5. The van der Waals surface area contributed by atoms with Crippen LogP contribution in [0.3, 0.4) is 0 Å². The second kappa shape index (κ2) is 8.57. The Labute approximate surface area is 168 Å². The highest BCUT2D eigenvalue weighted by atomic mass is 79.9. The third-order valence-corrected chi connectivity index (χ3v) is 4.33. The lowest BCUT2D eigenvalue weighted by molar-refractivity contribution is 0.0945. The standard InChI is InChI=1S/C16H14BrCl2N5O2/c17-11-1-2-15(13(19)7-11)26-10-24-5-3-14(22-24)16(25)20-4-6-23-9-12(18)8-21-23/h1-3,5,7-9H,4,6,10H2,(H,20,25). The van der Waals surface area contributed by atoms with E-state index in [9.17, 15) is 4.79 Å². The number of amides is 1. The summed E-state index contributed by atoms with van der Waals surface area (Å²) in [6, 6.07) is 6.94. The Morgan fingerprint density at radius 3 is 2.85 bits per heavy atom. The molecule has 0 saturated heterocycles. The molecule has 0 unspecified atom stereocenters. The first-order chi connectivity index (χ1) is 12.5. The topological polar surface area (TPSA) is 74.0 Å². The number of carbonyl (C=O) groups is 1. The molecule has 3 rings (SSSR count). The molecule has 1 amide bonds.